The van der Waals surface area contributed by atoms with Crippen molar-refractivity contribution < 1.29 is 32.3 Å². The van der Waals surface area contributed by atoms with Gasteiger partial charge in [0.25, 0.3) is 0 Å². The number of hydrogen-bond donors (Lipinski definition) is 1. The summed E-state index contributed by atoms with van der Waals surface area (Å²) in [5.74, 6) is -3.21. The van der Waals surface area contributed by atoms with Crippen molar-refractivity contribution in [3.05, 3.63) is 35.6 Å². The highest BCUT2D eigenvalue weighted by molar-refractivity contribution is 5.83. The first-order valence-corrected chi connectivity index (χ1v) is 5.48. The molecule has 0 aliphatic heterocycles. The van der Waals surface area contributed by atoms with E-state index in [0.717, 1.165) is 12.1 Å². The van der Waals surface area contributed by atoms with Gasteiger partial charge < -0.3 is 10.0 Å². The molecule has 0 heterocycles. The van der Waals surface area contributed by atoms with E-state index in [4.69, 9.17) is 5.11 Å². The van der Waals surface area contributed by atoms with E-state index < -0.39 is 43.4 Å². The number of amides is 1. The second-order valence-corrected chi connectivity index (χ2v) is 4.07. The average Bonchev–Trinajstić information content (AvgIpc) is 2.25. The Bertz CT molecular complexity index is 502. The molecular formula is C12H11F4NO3. The highest BCUT2D eigenvalue weighted by Gasteiger charge is 2.33. The van der Waals surface area contributed by atoms with Gasteiger partial charge in [-0.25, -0.2) is 4.39 Å². The summed E-state index contributed by atoms with van der Waals surface area (Å²) in [6.07, 6.45) is -5.20. The normalized spacial score (nSPS) is 11.2. The number of carboxylic acid groups (broad SMARTS) is 1. The largest absolute Gasteiger partial charge is 0.480 e. The summed E-state index contributed by atoms with van der Waals surface area (Å²) in [5, 5.41) is 8.52. The number of carboxylic acids is 1. The van der Waals surface area contributed by atoms with Crippen LogP contribution >= 0.6 is 0 Å². The van der Waals surface area contributed by atoms with Crippen LogP contribution in [0.2, 0.25) is 0 Å². The first kappa shape index (κ1) is 15.9. The Balaban J connectivity index is 2.79. The third kappa shape index (κ3) is 5.68. The van der Waals surface area contributed by atoms with E-state index in [1.807, 2.05) is 0 Å². The molecule has 1 amide bonds. The fraction of sp³-hybridized carbons (Fsp3) is 0.333. The predicted molar refractivity (Wildman–Crippen MR) is 60.4 cm³/mol. The summed E-state index contributed by atoms with van der Waals surface area (Å²) in [7, 11) is 0. The van der Waals surface area contributed by atoms with Crippen molar-refractivity contribution in [2.24, 2.45) is 0 Å². The van der Waals surface area contributed by atoms with Gasteiger partial charge in [-0.3, -0.25) is 9.59 Å². The van der Waals surface area contributed by atoms with Crippen LogP contribution in [0.1, 0.15) is 5.56 Å². The fourth-order valence-electron chi connectivity index (χ4n) is 1.55. The van der Waals surface area contributed by atoms with Gasteiger partial charge in [0.1, 0.15) is 18.9 Å². The van der Waals surface area contributed by atoms with Crippen molar-refractivity contribution in [3.8, 4) is 0 Å². The van der Waals surface area contributed by atoms with Crippen molar-refractivity contribution in [1.82, 2.24) is 4.90 Å². The molecule has 1 aromatic carbocycles. The molecule has 1 rings (SSSR count). The van der Waals surface area contributed by atoms with E-state index in [9.17, 15) is 27.2 Å². The molecular weight excluding hydrogens is 282 g/mol. The molecule has 110 valence electrons. The topological polar surface area (TPSA) is 57.6 Å². The average molecular weight is 293 g/mol. The fourth-order valence-corrected chi connectivity index (χ4v) is 1.55. The summed E-state index contributed by atoms with van der Waals surface area (Å²) in [4.78, 5) is 22.3. The summed E-state index contributed by atoms with van der Waals surface area (Å²) < 4.78 is 49.7. The van der Waals surface area contributed by atoms with Crippen LogP contribution in [0, 0.1) is 5.82 Å². The van der Waals surface area contributed by atoms with E-state index >= 15 is 0 Å². The molecule has 8 heteroatoms. The van der Waals surface area contributed by atoms with Gasteiger partial charge in [-0.05, 0) is 17.7 Å². The van der Waals surface area contributed by atoms with Gasteiger partial charge in [-0.15, -0.1) is 0 Å². The lowest BCUT2D eigenvalue weighted by molar-refractivity contribution is -0.165. The summed E-state index contributed by atoms with van der Waals surface area (Å²) in [5.41, 5.74) is 0.174. The zero-order valence-electron chi connectivity index (χ0n) is 10.2. The molecule has 0 saturated heterocycles. The van der Waals surface area contributed by atoms with Crippen LogP contribution in [-0.4, -0.2) is 41.1 Å². The third-order valence-electron chi connectivity index (χ3n) is 2.29. The molecule has 20 heavy (non-hydrogen) atoms. The standard InChI is InChI=1S/C12H11F4NO3/c13-9-3-1-2-8(4-9)5-10(18)17(6-11(19)20)7-12(14,15)16/h1-4H,5-7H2,(H,19,20). The number of alkyl halides is 3. The van der Waals surface area contributed by atoms with Crippen molar-refractivity contribution in [3.63, 3.8) is 0 Å². The monoisotopic (exact) mass is 293 g/mol. The van der Waals surface area contributed by atoms with Gasteiger partial charge in [0.2, 0.25) is 5.91 Å². The van der Waals surface area contributed by atoms with Crippen LogP contribution < -0.4 is 0 Å². The van der Waals surface area contributed by atoms with E-state index in [1.165, 1.54) is 12.1 Å². The zero-order chi connectivity index (χ0) is 15.3. The minimum absolute atomic E-state index is 0.174. The smallest absolute Gasteiger partial charge is 0.406 e. The predicted octanol–water partition coefficient (Wildman–Crippen LogP) is 1.84. The zero-order valence-corrected chi connectivity index (χ0v) is 10.2. The Morgan fingerprint density at radius 3 is 2.40 bits per heavy atom. The molecule has 0 radical (unpaired) electrons. The van der Waals surface area contributed by atoms with Crippen LogP contribution in [0.25, 0.3) is 0 Å². The molecule has 0 aromatic heterocycles. The summed E-state index contributed by atoms with van der Waals surface area (Å²) >= 11 is 0. The SMILES string of the molecule is O=C(O)CN(CC(F)(F)F)C(=O)Cc1cccc(F)c1. The van der Waals surface area contributed by atoms with E-state index in [1.54, 1.807) is 0 Å². The Morgan fingerprint density at radius 2 is 1.90 bits per heavy atom. The third-order valence-corrected chi connectivity index (χ3v) is 2.29. The maximum Gasteiger partial charge on any atom is 0.406 e. The Hall–Kier alpha value is -2.12. The molecule has 0 unspecified atom stereocenters. The molecule has 1 aromatic rings. The number of hydrogen-bond acceptors (Lipinski definition) is 2. The van der Waals surface area contributed by atoms with Crippen LogP contribution in [0.4, 0.5) is 17.6 Å². The maximum atomic E-state index is 12.9. The number of carbonyl (C=O) groups is 2. The number of halogens is 4. The molecule has 0 aliphatic carbocycles. The van der Waals surface area contributed by atoms with Gasteiger partial charge in [0.15, 0.2) is 0 Å². The van der Waals surface area contributed by atoms with Gasteiger partial charge in [-0.1, -0.05) is 12.1 Å². The summed E-state index contributed by atoms with van der Waals surface area (Å²) in [6, 6.07) is 4.81. The second kappa shape index (κ2) is 6.36. The Kier molecular flexibility index (Phi) is 5.06. The minimum Gasteiger partial charge on any atom is -0.480 e. The highest BCUT2D eigenvalue weighted by Crippen LogP contribution is 2.17. The van der Waals surface area contributed by atoms with Crippen molar-refractivity contribution in [2.45, 2.75) is 12.6 Å². The number of carbonyl (C=O) groups excluding carboxylic acids is 1. The maximum absolute atomic E-state index is 12.9. The first-order chi connectivity index (χ1) is 9.17. The van der Waals surface area contributed by atoms with Gasteiger partial charge in [-0.2, -0.15) is 13.2 Å². The lowest BCUT2D eigenvalue weighted by Gasteiger charge is -2.22. The minimum atomic E-state index is -4.70. The van der Waals surface area contributed by atoms with Crippen LogP contribution in [0.15, 0.2) is 24.3 Å². The molecule has 0 atom stereocenters. The molecule has 1 N–H and O–H groups in total. The Morgan fingerprint density at radius 1 is 1.25 bits per heavy atom. The van der Waals surface area contributed by atoms with Gasteiger partial charge in [0, 0.05) is 0 Å². The molecule has 0 spiro atoms. The van der Waals surface area contributed by atoms with Crippen LogP contribution in [0.3, 0.4) is 0 Å². The quantitative estimate of drug-likeness (QED) is 0.843. The van der Waals surface area contributed by atoms with Crippen LogP contribution in [0.5, 0.6) is 0 Å². The van der Waals surface area contributed by atoms with Gasteiger partial charge in [0.05, 0.1) is 6.42 Å². The highest BCUT2D eigenvalue weighted by atomic mass is 19.4. The number of rotatable bonds is 5. The Labute approximate surface area is 111 Å². The summed E-state index contributed by atoms with van der Waals surface area (Å²) in [6.45, 7) is -2.72. The number of nitrogens with zero attached hydrogens (tertiary/aromatic N) is 1. The first-order valence-electron chi connectivity index (χ1n) is 5.48. The lowest BCUT2D eigenvalue weighted by atomic mass is 10.1. The van der Waals surface area contributed by atoms with Gasteiger partial charge >= 0.3 is 12.1 Å². The van der Waals surface area contributed by atoms with E-state index in [-0.39, 0.29) is 10.5 Å². The molecule has 0 saturated carbocycles. The van der Waals surface area contributed by atoms with Crippen molar-refractivity contribution >= 4 is 11.9 Å². The molecule has 0 aliphatic rings. The lowest BCUT2D eigenvalue weighted by Crippen LogP contribution is -2.42. The second-order valence-electron chi connectivity index (χ2n) is 4.07. The van der Waals surface area contributed by atoms with Crippen molar-refractivity contribution in [1.29, 1.82) is 0 Å². The van der Waals surface area contributed by atoms with Crippen molar-refractivity contribution in [2.75, 3.05) is 13.1 Å². The molecule has 0 bridgehead atoms. The van der Waals surface area contributed by atoms with E-state index in [0.29, 0.717) is 0 Å². The molecule has 0 fully saturated rings. The number of aliphatic carboxylic acids is 1. The molecule has 4 nitrogen and oxygen atoms in total. The van der Waals surface area contributed by atoms with E-state index in [2.05, 4.69) is 0 Å². The van der Waals surface area contributed by atoms with Crippen LogP contribution in [-0.2, 0) is 16.0 Å². The number of benzene rings is 1.